The molecule has 2 aliphatic heterocycles. The van der Waals surface area contributed by atoms with Gasteiger partial charge in [-0.3, -0.25) is 15.4 Å². The fraction of sp³-hybridized carbons (Fsp3) is 0.250. The second-order valence-corrected chi connectivity index (χ2v) is 7.42. The molecule has 0 spiro atoms. The molecule has 1 saturated heterocycles. The van der Waals surface area contributed by atoms with Crippen molar-refractivity contribution in [3.8, 4) is 11.3 Å². The molecule has 3 aromatic rings. The average molecular weight is 425 g/mol. The molecule has 0 unspecified atom stereocenters. The number of ether oxygens (including phenoxy) is 1. The Balaban J connectivity index is 1.37. The van der Waals surface area contributed by atoms with Gasteiger partial charge in [-0.05, 0) is 30.3 Å². The van der Waals surface area contributed by atoms with Crippen LogP contribution in [0.2, 0.25) is 0 Å². The quantitative estimate of drug-likeness (QED) is 0.378. The van der Waals surface area contributed by atoms with Crippen molar-refractivity contribution >= 4 is 17.5 Å². The summed E-state index contributed by atoms with van der Waals surface area (Å²) in [6.45, 7) is 1.99. The largest absolute Gasteiger partial charge is 0.367 e. The van der Waals surface area contributed by atoms with Crippen molar-refractivity contribution in [1.29, 1.82) is 0 Å². The topological polar surface area (TPSA) is 117 Å². The first kappa shape index (κ1) is 19.1. The number of hydrogen-bond donors (Lipinski definition) is 2. The number of pyridine rings is 1. The second kappa shape index (κ2) is 7.43. The van der Waals surface area contributed by atoms with Gasteiger partial charge < -0.3 is 9.64 Å². The van der Waals surface area contributed by atoms with Crippen LogP contribution < -0.4 is 10.00 Å². The van der Waals surface area contributed by atoms with Crippen molar-refractivity contribution in [2.45, 2.75) is 19.1 Å². The number of hydrogen-bond acceptors (Lipinski definition) is 5. The highest BCUT2D eigenvalue weighted by molar-refractivity contribution is 5.91. The molecule has 158 valence electrons. The summed E-state index contributed by atoms with van der Waals surface area (Å²) in [4.78, 5) is 29.5. The Kier molecular flexibility index (Phi) is 4.59. The van der Waals surface area contributed by atoms with Crippen LogP contribution >= 0.6 is 0 Å². The molecular formula is C20H18FN6O4+. The highest BCUT2D eigenvalue weighted by Gasteiger charge is 2.39. The van der Waals surface area contributed by atoms with Gasteiger partial charge >= 0.3 is 11.7 Å². The maximum absolute atomic E-state index is 13.2. The number of urea groups is 1. The normalized spacial score (nSPS) is 15.5. The number of aromatic amines is 1. The van der Waals surface area contributed by atoms with E-state index in [0.29, 0.717) is 37.6 Å². The fourth-order valence-electron chi connectivity index (χ4n) is 3.71. The summed E-state index contributed by atoms with van der Waals surface area (Å²) in [6.07, 6.45) is 1.86. The Bertz CT molecular complexity index is 1170. The first-order chi connectivity index (χ1) is 15.0. The van der Waals surface area contributed by atoms with Crippen LogP contribution in [0.15, 0.2) is 42.6 Å². The summed E-state index contributed by atoms with van der Waals surface area (Å²) >= 11 is 0. The molecule has 11 heteroatoms. The zero-order valence-corrected chi connectivity index (χ0v) is 16.2. The predicted molar refractivity (Wildman–Crippen MR) is 105 cm³/mol. The summed E-state index contributed by atoms with van der Waals surface area (Å²) in [5.41, 5.74) is 2.63. The fourth-order valence-corrected chi connectivity index (χ4v) is 3.71. The monoisotopic (exact) mass is 425 g/mol. The highest BCUT2D eigenvalue weighted by atomic mass is 19.1. The SMILES string of the molecule is O=C(Nc1nc(-c2ccc(F)cc2)ccc1[N+](=O)[O-])N1Cc2c[nH][n+](C3COC3)c2C1. The number of rotatable bonds is 4. The van der Waals surface area contributed by atoms with E-state index in [1.165, 1.54) is 36.4 Å². The van der Waals surface area contributed by atoms with Crippen LogP contribution in [0.25, 0.3) is 11.3 Å². The van der Waals surface area contributed by atoms with Gasteiger partial charge in [0.1, 0.15) is 25.6 Å². The van der Waals surface area contributed by atoms with Gasteiger partial charge in [0.15, 0.2) is 0 Å². The number of amides is 2. The third-order valence-corrected chi connectivity index (χ3v) is 5.45. The van der Waals surface area contributed by atoms with Crippen LogP contribution in [0, 0.1) is 15.9 Å². The molecule has 0 radical (unpaired) electrons. The van der Waals surface area contributed by atoms with Gasteiger partial charge in [-0.15, -0.1) is 4.68 Å². The van der Waals surface area contributed by atoms with E-state index >= 15 is 0 Å². The molecular weight excluding hydrogens is 407 g/mol. The van der Waals surface area contributed by atoms with Gasteiger partial charge in [0, 0.05) is 11.6 Å². The van der Waals surface area contributed by atoms with Gasteiger partial charge in [-0.2, -0.15) is 5.10 Å². The number of H-pyrrole nitrogens is 1. The van der Waals surface area contributed by atoms with Gasteiger partial charge in [0.05, 0.1) is 28.9 Å². The van der Waals surface area contributed by atoms with E-state index < -0.39 is 16.8 Å². The highest BCUT2D eigenvalue weighted by Crippen LogP contribution is 2.29. The van der Waals surface area contributed by atoms with Crippen molar-refractivity contribution in [3.05, 3.63) is 69.8 Å². The zero-order valence-electron chi connectivity index (χ0n) is 16.2. The number of aromatic nitrogens is 3. The van der Waals surface area contributed by atoms with Crippen molar-refractivity contribution in [1.82, 2.24) is 15.0 Å². The lowest BCUT2D eigenvalue weighted by Crippen LogP contribution is -2.54. The predicted octanol–water partition coefficient (Wildman–Crippen LogP) is 2.53. The summed E-state index contributed by atoms with van der Waals surface area (Å²) in [7, 11) is 0. The van der Waals surface area contributed by atoms with Crippen LogP contribution in [-0.4, -0.2) is 39.2 Å². The molecule has 2 amide bonds. The van der Waals surface area contributed by atoms with E-state index in [9.17, 15) is 19.3 Å². The number of halogens is 1. The van der Waals surface area contributed by atoms with Crippen molar-refractivity contribution in [2.24, 2.45) is 0 Å². The maximum atomic E-state index is 13.2. The Morgan fingerprint density at radius 2 is 2.03 bits per heavy atom. The number of fused-ring (bicyclic) bond motifs is 1. The minimum Gasteiger partial charge on any atom is -0.367 e. The lowest BCUT2D eigenvalue weighted by atomic mass is 10.1. The molecule has 10 nitrogen and oxygen atoms in total. The number of benzene rings is 1. The van der Waals surface area contributed by atoms with E-state index in [1.807, 2.05) is 10.9 Å². The summed E-state index contributed by atoms with van der Waals surface area (Å²) < 4.78 is 20.4. The Labute approximate surface area is 175 Å². The van der Waals surface area contributed by atoms with Crippen molar-refractivity contribution in [2.75, 3.05) is 18.5 Å². The summed E-state index contributed by atoms with van der Waals surface area (Å²) in [5.74, 6) is -0.558. The Morgan fingerprint density at radius 3 is 2.71 bits per heavy atom. The minimum absolute atomic E-state index is 0.157. The first-order valence-electron chi connectivity index (χ1n) is 9.65. The van der Waals surface area contributed by atoms with Crippen LogP contribution in [-0.2, 0) is 17.8 Å². The second-order valence-electron chi connectivity index (χ2n) is 7.42. The van der Waals surface area contributed by atoms with Crippen LogP contribution in [0.5, 0.6) is 0 Å². The molecule has 2 aromatic heterocycles. The summed E-state index contributed by atoms with van der Waals surface area (Å²) in [6, 6.07) is 8.07. The number of nitrogens with one attached hydrogen (secondary N) is 2. The number of carbonyl (C=O) groups is 1. The number of carbonyl (C=O) groups excluding carboxylic acids is 1. The Hall–Kier alpha value is -3.86. The minimum atomic E-state index is -0.602. The van der Waals surface area contributed by atoms with Crippen LogP contribution in [0.1, 0.15) is 17.3 Å². The number of nitrogens with zero attached hydrogens (tertiary/aromatic N) is 4. The number of nitro groups is 1. The van der Waals surface area contributed by atoms with Crippen LogP contribution in [0.4, 0.5) is 20.7 Å². The van der Waals surface area contributed by atoms with Crippen molar-refractivity contribution < 1.29 is 23.5 Å². The van der Waals surface area contributed by atoms with E-state index in [4.69, 9.17) is 4.74 Å². The van der Waals surface area contributed by atoms with E-state index in [0.717, 1.165) is 11.3 Å². The maximum Gasteiger partial charge on any atom is 0.324 e. The zero-order chi connectivity index (χ0) is 21.5. The molecule has 1 aromatic carbocycles. The molecule has 0 atom stereocenters. The molecule has 2 aliphatic rings. The molecule has 0 bridgehead atoms. The Morgan fingerprint density at radius 1 is 1.26 bits per heavy atom. The molecule has 4 heterocycles. The first-order valence-corrected chi connectivity index (χ1v) is 9.65. The van der Waals surface area contributed by atoms with Gasteiger partial charge in [0.2, 0.25) is 17.6 Å². The van der Waals surface area contributed by atoms with E-state index in [-0.39, 0.29) is 17.5 Å². The average Bonchev–Trinajstić information content (AvgIpc) is 3.29. The molecule has 5 rings (SSSR count). The molecule has 0 aliphatic carbocycles. The van der Waals surface area contributed by atoms with Crippen LogP contribution in [0.3, 0.4) is 0 Å². The van der Waals surface area contributed by atoms with Crippen molar-refractivity contribution in [3.63, 3.8) is 0 Å². The third kappa shape index (κ3) is 3.48. The van der Waals surface area contributed by atoms with Gasteiger partial charge in [0.25, 0.3) is 0 Å². The van der Waals surface area contributed by atoms with Gasteiger partial charge in [-0.25, -0.2) is 14.2 Å². The number of anilines is 1. The molecule has 31 heavy (non-hydrogen) atoms. The standard InChI is InChI=1S/C20H17FN6O4/c21-14-3-1-12(2-4-14)16-5-6-17(27(29)30)19(23-16)24-20(28)25-8-13-7-22-26(18(13)9-25)15-10-31-11-15/h1-7,15H,8-11H2,(H,23,24,28)/p+1. The lowest BCUT2D eigenvalue weighted by Gasteiger charge is -2.20. The van der Waals surface area contributed by atoms with E-state index in [1.54, 1.807) is 4.90 Å². The van der Waals surface area contributed by atoms with Gasteiger partial charge in [-0.1, -0.05) is 0 Å². The van der Waals surface area contributed by atoms with E-state index in [2.05, 4.69) is 15.4 Å². The molecule has 0 saturated carbocycles. The molecule has 2 N–H and O–H groups in total. The summed E-state index contributed by atoms with van der Waals surface area (Å²) in [5, 5.41) is 17.2. The smallest absolute Gasteiger partial charge is 0.324 e. The lowest BCUT2D eigenvalue weighted by molar-refractivity contribution is -0.795. The molecule has 1 fully saturated rings. The third-order valence-electron chi connectivity index (χ3n) is 5.45.